The molecular formula is C19H25ClN2O4. The van der Waals surface area contributed by atoms with Crippen molar-refractivity contribution in [1.82, 2.24) is 9.88 Å². The van der Waals surface area contributed by atoms with E-state index < -0.39 is 17.1 Å². The van der Waals surface area contributed by atoms with Gasteiger partial charge in [0, 0.05) is 11.8 Å². The van der Waals surface area contributed by atoms with E-state index in [4.69, 9.17) is 21.1 Å². The van der Waals surface area contributed by atoms with Crippen molar-refractivity contribution in [1.29, 1.82) is 0 Å². The van der Waals surface area contributed by atoms with Crippen LogP contribution < -0.4 is 0 Å². The molecule has 2 aliphatic rings. The number of carbonyl (C=O) groups is 2. The topological polar surface area (TPSA) is 68.7 Å². The Labute approximate surface area is 158 Å². The summed E-state index contributed by atoms with van der Waals surface area (Å²) in [6.07, 6.45) is 3.49. The van der Waals surface area contributed by atoms with E-state index >= 15 is 0 Å². The first kappa shape index (κ1) is 19.1. The third-order valence-corrected chi connectivity index (χ3v) is 5.52. The predicted octanol–water partition coefficient (Wildman–Crippen LogP) is 3.15. The lowest BCUT2D eigenvalue weighted by molar-refractivity contribution is -0.167. The van der Waals surface area contributed by atoms with Gasteiger partial charge in [0.2, 0.25) is 0 Å². The first-order valence-corrected chi connectivity index (χ1v) is 9.26. The van der Waals surface area contributed by atoms with Crippen molar-refractivity contribution < 1.29 is 19.1 Å². The van der Waals surface area contributed by atoms with Gasteiger partial charge in [-0.15, -0.1) is 0 Å². The highest BCUT2D eigenvalue weighted by Crippen LogP contribution is 2.53. The van der Waals surface area contributed by atoms with E-state index in [0.29, 0.717) is 24.5 Å². The molecule has 0 saturated carbocycles. The second-order valence-corrected chi connectivity index (χ2v) is 8.35. The van der Waals surface area contributed by atoms with E-state index in [2.05, 4.69) is 9.88 Å². The van der Waals surface area contributed by atoms with Crippen LogP contribution in [0.1, 0.15) is 51.6 Å². The highest BCUT2D eigenvalue weighted by atomic mass is 35.5. The third kappa shape index (κ3) is 3.21. The molecule has 1 aromatic rings. The largest absolute Gasteiger partial charge is 0.469 e. The fourth-order valence-corrected chi connectivity index (χ4v) is 4.49. The number of pyridine rings is 1. The summed E-state index contributed by atoms with van der Waals surface area (Å²) in [5.74, 6) is -1.11. The average molecular weight is 381 g/mol. The van der Waals surface area contributed by atoms with Crippen LogP contribution >= 0.6 is 11.6 Å². The lowest BCUT2D eigenvalue weighted by atomic mass is 9.87. The lowest BCUT2D eigenvalue weighted by Gasteiger charge is -2.35. The molecule has 3 heterocycles. The number of nitrogens with zero attached hydrogens (tertiary/aromatic N) is 2. The number of halogens is 1. The number of rotatable bonds is 3. The second kappa shape index (κ2) is 6.82. The number of ether oxygens (including phenoxy) is 2. The summed E-state index contributed by atoms with van der Waals surface area (Å²) >= 11 is 6.33. The van der Waals surface area contributed by atoms with Gasteiger partial charge in [-0.3, -0.25) is 14.5 Å². The normalized spacial score (nSPS) is 28.7. The molecule has 6 nitrogen and oxygen atoms in total. The van der Waals surface area contributed by atoms with Crippen LogP contribution in [0, 0.1) is 5.92 Å². The summed E-state index contributed by atoms with van der Waals surface area (Å²) in [6, 6.07) is 3.30. The number of methoxy groups -OCH3 is 1. The maximum absolute atomic E-state index is 13.1. The molecule has 0 N–H and O–H groups in total. The Bertz CT molecular complexity index is 718. The molecule has 0 aromatic carbocycles. The first-order valence-electron chi connectivity index (χ1n) is 8.88. The van der Waals surface area contributed by atoms with Gasteiger partial charge < -0.3 is 9.47 Å². The van der Waals surface area contributed by atoms with Crippen molar-refractivity contribution in [3.8, 4) is 0 Å². The van der Waals surface area contributed by atoms with Crippen LogP contribution in [0.3, 0.4) is 0 Å². The molecule has 0 aliphatic carbocycles. The fraction of sp³-hybridized carbons (Fsp3) is 0.632. The van der Waals surface area contributed by atoms with Crippen LogP contribution in [0.5, 0.6) is 0 Å². The number of esters is 2. The van der Waals surface area contributed by atoms with E-state index in [-0.39, 0.29) is 18.0 Å². The van der Waals surface area contributed by atoms with Gasteiger partial charge in [0.05, 0.1) is 19.1 Å². The number of hydrogen-bond donors (Lipinski definition) is 0. The lowest BCUT2D eigenvalue weighted by Crippen LogP contribution is -2.49. The zero-order valence-electron chi connectivity index (χ0n) is 15.6. The van der Waals surface area contributed by atoms with E-state index in [1.165, 1.54) is 7.11 Å². The van der Waals surface area contributed by atoms with E-state index in [1.807, 2.05) is 26.8 Å². The molecule has 2 saturated heterocycles. The zero-order chi connectivity index (χ0) is 19.1. The molecule has 1 aromatic heterocycles. The molecule has 0 amide bonds. The zero-order valence-corrected chi connectivity index (χ0v) is 16.4. The summed E-state index contributed by atoms with van der Waals surface area (Å²) in [5.41, 5.74) is -0.669. The van der Waals surface area contributed by atoms with Crippen LogP contribution in [-0.2, 0) is 19.1 Å². The molecule has 26 heavy (non-hydrogen) atoms. The van der Waals surface area contributed by atoms with Gasteiger partial charge in [-0.25, -0.2) is 4.98 Å². The first-order chi connectivity index (χ1) is 12.2. The predicted molar refractivity (Wildman–Crippen MR) is 96.6 cm³/mol. The van der Waals surface area contributed by atoms with Crippen LogP contribution in [0.4, 0.5) is 0 Å². The molecule has 3 atom stereocenters. The molecule has 0 bridgehead atoms. The van der Waals surface area contributed by atoms with E-state index in [9.17, 15) is 9.59 Å². The second-order valence-electron chi connectivity index (χ2n) is 7.99. The number of aromatic nitrogens is 1. The van der Waals surface area contributed by atoms with Crippen LogP contribution in [0.2, 0.25) is 5.15 Å². The van der Waals surface area contributed by atoms with Gasteiger partial charge in [0.15, 0.2) is 0 Å². The quantitative estimate of drug-likeness (QED) is 0.592. The average Bonchev–Trinajstić information content (AvgIpc) is 3.10. The van der Waals surface area contributed by atoms with Gasteiger partial charge in [-0.2, -0.15) is 0 Å². The van der Waals surface area contributed by atoms with Crippen molar-refractivity contribution in [2.75, 3.05) is 13.7 Å². The van der Waals surface area contributed by atoms with Gasteiger partial charge in [-0.05, 0) is 52.6 Å². The van der Waals surface area contributed by atoms with Gasteiger partial charge in [-0.1, -0.05) is 17.7 Å². The molecule has 142 valence electrons. The Kier molecular flexibility index (Phi) is 5.01. The van der Waals surface area contributed by atoms with Crippen molar-refractivity contribution in [2.24, 2.45) is 5.92 Å². The Morgan fingerprint density at radius 3 is 2.73 bits per heavy atom. The Morgan fingerprint density at radius 1 is 1.38 bits per heavy atom. The molecule has 3 rings (SSSR count). The van der Waals surface area contributed by atoms with E-state index in [0.717, 1.165) is 12.0 Å². The van der Waals surface area contributed by atoms with Gasteiger partial charge in [0.25, 0.3) is 0 Å². The van der Waals surface area contributed by atoms with Crippen molar-refractivity contribution >= 4 is 23.5 Å². The van der Waals surface area contributed by atoms with Crippen molar-refractivity contribution in [3.63, 3.8) is 0 Å². The minimum Gasteiger partial charge on any atom is -0.469 e. The van der Waals surface area contributed by atoms with Crippen molar-refractivity contribution in [3.05, 3.63) is 29.0 Å². The third-order valence-electron chi connectivity index (χ3n) is 5.20. The molecule has 2 fully saturated rings. The van der Waals surface area contributed by atoms with E-state index in [1.54, 1.807) is 12.3 Å². The minimum atomic E-state index is -0.823. The summed E-state index contributed by atoms with van der Waals surface area (Å²) < 4.78 is 10.8. The van der Waals surface area contributed by atoms with Gasteiger partial charge in [0.1, 0.15) is 16.3 Å². The van der Waals surface area contributed by atoms with Gasteiger partial charge >= 0.3 is 11.9 Å². The molecule has 2 aliphatic heterocycles. The summed E-state index contributed by atoms with van der Waals surface area (Å²) in [4.78, 5) is 31.9. The molecule has 0 spiro atoms. The maximum Gasteiger partial charge on any atom is 0.327 e. The maximum atomic E-state index is 13.1. The van der Waals surface area contributed by atoms with Crippen molar-refractivity contribution in [2.45, 2.75) is 57.2 Å². The Morgan fingerprint density at radius 2 is 2.12 bits per heavy atom. The minimum absolute atomic E-state index is 0.279. The SMILES string of the molecule is COC(=O)[C@H]1C[C@]2(C(=O)OC(C)(C)C)CCCN2[C@H]1c1cccnc1Cl. The summed E-state index contributed by atoms with van der Waals surface area (Å²) in [7, 11) is 1.37. The summed E-state index contributed by atoms with van der Waals surface area (Å²) in [5, 5.41) is 0.346. The number of hydrogen-bond acceptors (Lipinski definition) is 6. The Balaban J connectivity index is 2.04. The molecule has 0 unspecified atom stereocenters. The molecular weight excluding hydrogens is 356 g/mol. The highest BCUT2D eigenvalue weighted by molar-refractivity contribution is 6.30. The molecule has 0 radical (unpaired) electrons. The number of carbonyl (C=O) groups excluding carboxylic acids is 2. The monoisotopic (exact) mass is 380 g/mol. The van der Waals surface area contributed by atoms with Crippen LogP contribution in [-0.4, -0.2) is 46.6 Å². The molecule has 7 heteroatoms. The smallest absolute Gasteiger partial charge is 0.327 e. The highest BCUT2D eigenvalue weighted by Gasteiger charge is 2.62. The Hall–Kier alpha value is -1.66. The standard InChI is InChI=1S/C19H25ClN2O4/c1-18(2,3)26-17(24)19-8-6-10-22(19)14(13(11-19)16(23)25-4)12-7-5-9-21-15(12)20/h5,7,9,13-14H,6,8,10-11H2,1-4H3/t13-,14-,19-/m0/s1. The fourth-order valence-electron chi connectivity index (χ4n) is 4.26. The summed E-state index contributed by atoms with van der Waals surface area (Å²) in [6.45, 7) is 6.25. The van der Waals surface area contributed by atoms with Crippen LogP contribution in [0.15, 0.2) is 18.3 Å². The van der Waals surface area contributed by atoms with Crippen LogP contribution in [0.25, 0.3) is 0 Å². The number of fused-ring (bicyclic) bond motifs is 1.